The van der Waals surface area contributed by atoms with Crippen LogP contribution in [0.15, 0.2) is 18.5 Å². The highest BCUT2D eigenvalue weighted by atomic mass is 16.2. The van der Waals surface area contributed by atoms with Gasteiger partial charge in [-0.3, -0.25) is 9.59 Å². The SMILES string of the molecule is O=C(NC1CC1)c1c[nH]c2ncc(NC(=O)C3CCCCC3)cc12. The normalized spacial score (nSPS) is 18.5. The zero-order chi connectivity index (χ0) is 16.5. The molecule has 0 radical (unpaired) electrons. The average Bonchev–Trinajstić information content (AvgIpc) is 3.31. The maximum absolute atomic E-state index is 12.4. The lowest BCUT2D eigenvalue weighted by Gasteiger charge is -2.20. The van der Waals surface area contributed by atoms with Crippen molar-refractivity contribution in [3.8, 4) is 0 Å². The van der Waals surface area contributed by atoms with Crippen LogP contribution in [0.5, 0.6) is 0 Å². The number of anilines is 1. The molecule has 126 valence electrons. The van der Waals surface area contributed by atoms with Crippen LogP contribution in [0, 0.1) is 5.92 Å². The quantitative estimate of drug-likeness (QED) is 0.807. The summed E-state index contributed by atoms with van der Waals surface area (Å²) >= 11 is 0. The van der Waals surface area contributed by atoms with Gasteiger partial charge in [0, 0.05) is 23.5 Å². The Balaban J connectivity index is 1.53. The van der Waals surface area contributed by atoms with Crippen LogP contribution in [-0.4, -0.2) is 27.8 Å². The van der Waals surface area contributed by atoms with Gasteiger partial charge < -0.3 is 15.6 Å². The number of nitrogens with zero attached hydrogens (tertiary/aromatic N) is 1. The summed E-state index contributed by atoms with van der Waals surface area (Å²) in [5, 5.41) is 6.70. The summed E-state index contributed by atoms with van der Waals surface area (Å²) in [6.45, 7) is 0. The summed E-state index contributed by atoms with van der Waals surface area (Å²) < 4.78 is 0. The minimum absolute atomic E-state index is 0.0652. The smallest absolute Gasteiger partial charge is 0.253 e. The van der Waals surface area contributed by atoms with Crippen LogP contribution in [0.2, 0.25) is 0 Å². The summed E-state index contributed by atoms with van der Waals surface area (Å²) in [6.07, 6.45) is 10.8. The van der Waals surface area contributed by atoms with Crippen molar-refractivity contribution < 1.29 is 9.59 Å². The molecule has 0 aliphatic heterocycles. The third-order valence-corrected chi connectivity index (χ3v) is 4.93. The minimum atomic E-state index is -0.0821. The Labute approximate surface area is 140 Å². The number of aromatic amines is 1. The monoisotopic (exact) mass is 326 g/mol. The second kappa shape index (κ2) is 6.26. The van der Waals surface area contributed by atoms with Gasteiger partial charge in [0.2, 0.25) is 5.91 Å². The molecule has 2 aromatic heterocycles. The molecule has 2 aliphatic carbocycles. The number of H-pyrrole nitrogens is 1. The second-order valence-electron chi connectivity index (χ2n) is 6.89. The van der Waals surface area contributed by atoms with Gasteiger partial charge in [-0.1, -0.05) is 19.3 Å². The molecule has 2 heterocycles. The van der Waals surface area contributed by atoms with Gasteiger partial charge in [0.25, 0.3) is 5.91 Å². The molecule has 6 heteroatoms. The number of nitrogens with one attached hydrogen (secondary N) is 3. The van der Waals surface area contributed by atoms with E-state index in [0.29, 0.717) is 22.9 Å². The van der Waals surface area contributed by atoms with Crippen molar-refractivity contribution in [3.05, 3.63) is 24.0 Å². The van der Waals surface area contributed by atoms with E-state index < -0.39 is 0 Å². The maximum Gasteiger partial charge on any atom is 0.253 e. The van der Waals surface area contributed by atoms with Crippen LogP contribution in [0.25, 0.3) is 11.0 Å². The molecule has 0 spiro atoms. The molecule has 2 amide bonds. The first kappa shape index (κ1) is 15.2. The third-order valence-electron chi connectivity index (χ3n) is 4.93. The zero-order valence-electron chi connectivity index (χ0n) is 13.6. The van der Waals surface area contributed by atoms with Crippen molar-refractivity contribution in [1.82, 2.24) is 15.3 Å². The molecule has 6 nitrogen and oxygen atoms in total. The van der Waals surface area contributed by atoms with Gasteiger partial charge in [-0.2, -0.15) is 0 Å². The highest BCUT2D eigenvalue weighted by Crippen LogP contribution is 2.26. The van der Waals surface area contributed by atoms with Gasteiger partial charge >= 0.3 is 0 Å². The van der Waals surface area contributed by atoms with Crippen molar-refractivity contribution in [1.29, 1.82) is 0 Å². The molecule has 0 atom stereocenters. The third kappa shape index (κ3) is 3.13. The summed E-state index contributed by atoms with van der Waals surface area (Å²) in [7, 11) is 0. The molecule has 0 unspecified atom stereocenters. The number of aromatic nitrogens is 2. The fraction of sp³-hybridized carbons (Fsp3) is 0.500. The van der Waals surface area contributed by atoms with Crippen molar-refractivity contribution in [2.24, 2.45) is 5.92 Å². The fourth-order valence-corrected chi connectivity index (χ4v) is 3.36. The Morgan fingerprint density at radius 3 is 2.67 bits per heavy atom. The number of fused-ring (bicyclic) bond motifs is 1. The number of amides is 2. The van der Waals surface area contributed by atoms with Crippen molar-refractivity contribution in [2.75, 3.05) is 5.32 Å². The Kier molecular flexibility index (Phi) is 3.96. The van der Waals surface area contributed by atoms with E-state index in [4.69, 9.17) is 0 Å². The maximum atomic E-state index is 12.4. The fourth-order valence-electron chi connectivity index (χ4n) is 3.36. The molecule has 0 bridgehead atoms. The second-order valence-corrected chi connectivity index (χ2v) is 6.89. The predicted octanol–water partition coefficient (Wildman–Crippen LogP) is 2.97. The average molecular weight is 326 g/mol. The predicted molar refractivity (Wildman–Crippen MR) is 91.8 cm³/mol. The Morgan fingerprint density at radius 1 is 1.12 bits per heavy atom. The van der Waals surface area contributed by atoms with Gasteiger partial charge in [0.15, 0.2) is 0 Å². The molecule has 2 aromatic rings. The summed E-state index contributed by atoms with van der Waals surface area (Å²) in [6, 6.07) is 2.14. The summed E-state index contributed by atoms with van der Waals surface area (Å²) in [4.78, 5) is 32.0. The Bertz CT molecular complexity index is 772. The van der Waals surface area contributed by atoms with Crippen LogP contribution < -0.4 is 10.6 Å². The van der Waals surface area contributed by atoms with Crippen LogP contribution in [0.3, 0.4) is 0 Å². The molecule has 2 saturated carbocycles. The molecular weight excluding hydrogens is 304 g/mol. The van der Waals surface area contributed by atoms with Gasteiger partial charge in [0.05, 0.1) is 17.4 Å². The van der Waals surface area contributed by atoms with E-state index in [0.717, 1.165) is 43.9 Å². The Morgan fingerprint density at radius 2 is 1.92 bits per heavy atom. The van der Waals surface area contributed by atoms with Crippen LogP contribution in [0.4, 0.5) is 5.69 Å². The number of hydrogen-bond donors (Lipinski definition) is 3. The minimum Gasteiger partial charge on any atom is -0.349 e. The van der Waals surface area contributed by atoms with E-state index in [9.17, 15) is 9.59 Å². The van der Waals surface area contributed by atoms with Crippen LogP contribution in [-0.2, 0) is 4.79 Å². The van der Waals surface area contributed by atoms with E-state index in [-0.39, 0.29) is 17.7 Å². The lowest BCUT2D eigenvalue weighted by atomic mass is 9.88. The van der Waals surface area contributed by atoms with E-state index in [1.165, 1.54) is 6.42 Å². The van der Waals surface area contributed by atoms with Crippen molar-refractivity contribution in [2.45, 2.75) is 51.0 Å². The number of carbonyl (C=O) groups excluding carboxylic acids is 2. The van der Waals surface area contributed by atoms with Gasteiger partial charge in [-0.25, -0.2) is 4.98 Å². The number of hydrogen-bond acceptors (Lipinski definition) is 3. The molecule has 4 rings (SSSR count). The Hall–Kier alpha value is -2.37. The first-order valence-corrected chi connectivity index (χ1v) is 8.79. The lowest BCUT2D eigenvalue weighted by Crippen LogP contribution is -2.25. The van der Waals surface area contributed by atoms with Crippen LogP contribution in [0.1, 0.15) is 55.3 Å². The molecule has 2 fully saturated rings. The van der Waals surface area contributed by atoms with E-state index in [2.05, 4.69) is 20.6 Å². The molecular formula is C18H22N4O2. The topological polar surface area (TPSA) is 86.9 Å². The lowest BCUT2D eigenvalue weighted by molar-refractivity contribution is -0.120. The largest absolute Gasteiger partial charge is 0.349 e. The van der Waals surface area contributed by atoms with Crippen molar-refractivity contribution in [3.63, 3.8) is 0 Å². The van der Waals surface area contributed by atoms with E-state index in [1.54, 1.807) is 12.4 Å². The summed E-state index contributed by atoms with van der Waals surface area (Å²) in [5.41, 5.74) is 1.89. The van der Waals surface area contributed by atoms with Crippen molar-refractivity contribution >= 4 is 28.5 Å². The number of pyridine rings is 1. The van der Waals surface area contributed by atoms with Crippen LogP contribution >= 0.6 is 0 Å². The van der Waals surface area contributed by atoms with Gasteiger partial charge in [-0.15, -0.1) is 0 Å². The molecule has 0 aromatic carbocycles. The van der Waals surface area contributed by atoms with E-state index >= 15 is 0 Å². The van der Waals surface area contributed by atoms with E-state index in [1.807, 2.05) is 6.07 Å². The molecule has 0 saturated heterocycles. The number of carbonyl (C=O) groups is 2. The highest BCUT2D eigenvalue weighted by Gasteiger charge is 2.25. The zero-order valence-corrected chi connectivity index (χ0v) is 13.6. The van der Waals surface area contributed by atoms with Gasteiger partial charge in [0.1, 0.15) is 5.65 Å². The standard InChI is InChI=1S/C18H22N4O2/c23-17(11-4-2-1-3-5-11)22-13-8-14-15(10-20-16(14)19-9-13)18(24)21-12-6-7-12/h8-12H,1-7H2,(H,19,20)(H,21,24)(H,22,23). The molecule has 3 N–H and O–H groups in total. The first-order valence-electron chi connectivity index (χ1n) is 8.79. The van der Waals surface area contributed by atoms with Gasteiger partial charge in [-0.05, 0) is 31.7 Å². The molecule has 2 aliphatic rings. The summed E-state index contributed by atoms with van der Waals surface area (Å²) in [5.74, 6) is 0.0787. The molecule has 24 heavy (non-hydrogen) atoms. The first-order chi connectivity index (χ1) is 11.7. The highest BCUT2D eigenvalue weighted by molar-refractivity contribution is 6.07. The number of rotatable bonds is 4.